The standard InChI is InChI=1S/C21H22N4O4/c1-3-7-14-8-5-6-9-17(14)28-13-15-10-11-18(29-15)21(27)23-16-12-25(4-2)24-19(16)20(22)26/h3,5-6,8-12H,1,4,7,13H2,2H3,(H2,22,26)(H,23,27). The van der Waals surface area contributed by atoms with Gasteiger partial charge in [0.15, 0.2) is 11.5 Å². The zero-order chi connectivity index (χ0) is 20.8. The first-order valence-electron chi connectivity index (χ1n) is 9.10. The lowest BCUT2D eigenvalue weighted by molar-refractivity contribution is 0.0992. The van der Waals surface area contributed by atoms with Crippen LogP contribution in [0.25, 0.3) is 0 Å². The Morgan fingerprint density at radius 1 is 1.31 bits per heavy atom. The van der Waals surface area contributed by atoms with E-state index in [1.54, 1.807) is 18.3 Å². The fraction of sp³-hybridized carbons (Fsp3) is 0.190. The Labute approximate surface area is 168 Å². The maximum Gasteiger partial charge on any atom is 0.291 e. The van der Waals surface area contributed by atoms with Gasteiger partial charge in [0.2, 0.25) is 0 Å². The predicted octanol–water partition coefficient (Wildman–Crippen LogP) is 3.15. The van der Waals surface area contributed by atoms with Gasteiger partial charge in [0.05, 0.1) is 5.69 Å². The van der Waals surface area contributed by atoms with Crippen molar-refractivity contribution < 1.29 is 18.7 Å². The molecule has 8 nitrogen and oxygen atoms in total. The third kappa shape index (κ3) is 4.73. The average molecular weight is 394 g/mol. The summed E-state index contributed by atoms with van der Waals surface area (Å²) in [4.78, 5) is 24.0. The molecule has 0 bridgehead atoms. The highest BCUT2D eigenvalue weighted by Gasteiger charge is 2.19. The number of rotatable bonds is 9. The molecule has 0 unspecified atom stereocenters. The Bertz CT molecular complexity index is 1030. The number of carbonyl (C=O) groups excluding carboxylic acids is 2. The molecule has 2 heterocycles. The number of nitrogens with zero attached hydrogens (tertiary/aromatic N) is 2. The minimum absolute atomic E-state index is 0.00543. The average Bonchev–Trinajstić information content (AvgIpc) is 3.34. The zero-order valence-electron chi connectivity index (χ0n) is 16.1. The SMILES string of the molecule is C=CCc1ccccc1OCc1ccc(C(=O)Nc2cn(CC)nc2C(N)=O)o1. The van der Waals surface area contributed by atoms with Crippen LogP contribution in [-0.4, -0.2) is 21.6 Å². The van der Waals surface area contributed by atoms with Crippen LogP contribution >= 0.6 is 0 Å². The first-order chi connectivity index (χ1) is 14.0. The van der Waals surface area contributed by atoms with E-state index >= 15 is 0 Å². The quantitative estimate of drug-likeness (QED) is 0.541. The number of carbonyl (C=O) groups is 2. The van der Waals surface area contributed by atoms with Gasteiger partial charge in [-0.15, -0.1) is 6.58 Å². The molecule has 0 aliphatic heterocycles. The van der Waals surface area contributed by atoms with Crippen molar-refractivity contribution >= 4 is 17.5 Å². The summed E-state index contributed by atoms with van der Waals surface area (Å²) in [5, 5.41) is 6.64. The van der Waals surface area contributed by atoms with Crippen LogP contribution in [0.1, 0.15) is 39.3 Å². The minimum Gasteiger partial charge on any atom is -0.485 e. The highest BCUT2D eigenvalue weighted by molar-refractivity contribution is 6.06. The van der Waals surface area contributed by atoms with E-state index in [9.17, 15) is 9.59 Å². The lowest BCUT2D eigenvalue weighted by atomic mass is 10.1. The van der Waals surface area contributed by atoms with E-state index in [0.717, 1.165) is 11.3 Å². The molecule has 3 rings (SSSR count). The summed E-state index contributed by atoms with van der Waals surface area (Å²) in [6, 6.07) is 10.8. The van der Waals surface area contributed by atoms with Gasteiger partial charge in [-0.25, -0.2) is 0 Å². The Morgan fingerprint density at radius 3 is 2.83 bits per heavy atom. The normalized spacial score (nSPS) is 10.5. The molecule has 0 aliphatic carbocycles. The van der Waals surface area contributed by atoms with E-state index in [4.69, 9.17) is 14.9 Å². The molecule has 29 heavy (non-hydrogen) atoms. The van der Waals surface area contributed by atoms with Gasteiger partial charge >= 0.3 is 0 Å². The molecule has 3 aromatic rings. The number of nitrogens with two attached hydrogens (primary N) is 1. The molecule has 0 fully saturated rings. The summed E-state index contributed by atoms with van der Waals surface area (Å²) in [7, 11) is 0. The molecule has 2 aromatic heterocycles. The number of hydrogen-bond acceptors (Lipinski definition) is 5. The van der Waals surface area contributed by atoms with E-state index in [2.05, 4.69) is 17.0 Å². The molecule has 1 aromatic carbocycles. The van der Waals surface area contributed by atoms with Gasteiger partial charge < -0.3 is 20.2 Å². The number of aromatic nitrogens is 2. The van der Waals surface area contributed by atoms with E-state index in [0.29, 0.717) is 18.7 Å². The van der Waals surface area contributed by atoms with Crippen LogP contribution in [-0.2, 0) is 19.6 Å². The number of amides is 2. The van der Waals surface area contributed by atoms with Gasteiger partial charge in [0, 0.05) is 12.7 Å². The fourth-order valence-electron chi connectivity index (χ4n) is 2.74. The molecule has 0 radical (unpaired) electrons. The monoisotopic (exact) mass is 394 g/mol. The Morgan fingerprint density at radius 2 is 2.10 bits per heavy atom. The molecular weight excluding hydrogens is 372 g/mol. The number of nitrogens with one attached hydrogen (secondary N) is 1. The molecule has 0 saturated heterocycles. The van der Waals surface area contributed by atoms with Crippen molar-refractivity contribution in [3.63, 3.8) is 0 Å². The Hall–Kier alpha value is -3.81. The second-order valence-corrected chi connectivity index (χ2v) is 6.22. The van der Waals surface area contributed by atoms with Crippen molar-refractivity contribution in [3.8, 4) is 5.75 Å². The van der Waals surface area contributed by atoms with Crippen molar-refractivity contribution in [3.05, 3.63) is 78.0 Å². The van der Waals surface area contributed by atoms with E-state index in [1.165, 1.54) is 10.7 Å². The van der Waals surface area contributed by atoms with Crippen LogP contribution in [0.15, 0.2) is 59.7 Å². The summed E-state index contributed by atoms with van der Waals surface area (Å²) in [5.41, 5.74) is 6.56. The highest BCUT2D eigenvalue weighted by Crippen LogP contribution is 2.21. The van der Waals surface area contributed by atoms with E-state index < -0.39 is 11.8 Å². The lowest BCUT2D eigenvalue weighted by Crippen LogP contribution is -2.17. The molecule has 0 saturated carbocycles. The summed E-state index contributed by atoms with van der Waals surface area (Å²) in [6.45, 7) is 6.30. The molecule has 2 amide bonds. The fourth-order valence-corrected chi connectivity index (χ4v) is 2.74. The second-order valence-electron chi connectivity index (χ2n) is 6.22. The first-order valence-corrected chi connectivity index (χ1v) is 9.10. The molecule has 0 spiro atoms. The van der Waals surface area contributed by atoms with Crippen molar-refractivity contribution in [2.45, 2.75) is 26.5 Å². The van der Waals surface area contributed by atoms with E-state index in [1.807, 2.05) is 31.2 Å². The lowest BCUT2D eigenvalue weighted by Gasteiger charge is -2.08. The van der Waals surface area contributed by atoms with Crippen molar-refractivity contribution in [2.75, 3.05) is 5.32 Å². The molecule has 150 valence electrons. The Balaban J connectivity index is 1.67. The predicted molar refractivity (Wildman–Crippen MR) is 108 cm³/mol. The second kappa shape index (κ2) is 8.92. The van der Waals surface area contributed by atoms with Gasteiger partial charge in [-0.2, -0.15) is 5.10 Å². The molecule has 0 atom stereocenters. The Kier molecular flexibility index (Phi) is 6.13. The summed E-state index contributed by atoms with van der Waals surface area (Å²) in [6.07, 6.45) is 4.04. The minimum atomic E-state index is -0.723. The number of hydrogen-bond donors (Lipinski definition) is 2. The topological polar surface area (TPSA) is 112 Å². The van der Waals surface area contributed by atoms with Crippen LogP contribution in [0.4, 0.5) is 5.69 Å². The van der Waals surface area contributed by atoms with Gasteiger partial charge in [-0.1, -0.05) is 24.3 Å². The number of anilines is 1. The molecular formula is C21H22N4O4. The highest BCUT2D eigenvalue weighted by atomic mass is 16.5. The van der Waals surface area contributed by atoms with Crippen LogP contribution in [0.5, 0.6) is 5.75 Å². The number of para-hydroxylation sites is 1. The summed E-state index contributed by atoms with van der Waals surface area (Å²) in [5.74, 6) is 0.0687. The number of ether oxygens (including phenoxy) is 1. The van der Waals surface area contributed by atoms with Crippen molar-refractivity contribution in [1.82, 2.24) is 9.78 Å². The summed E-state index contributed by atoms with van der Waals surface area (Å²) < 4.78 is 12.9. The largest absolute Gasteiger partial charge is 0.485 e. The number of benzene rings is 1. The first kappa shape index (κ1) is 19.9. The smallest absolute Gasteiger partial charge is 0.291 e. The number of aryl methyl sites for hydroxylation is 1. The van der Waals surface area contributed by atoms with Gasteiger partial charge in [0.25, 0.3) is 11.8 Å². The number of furan rings is 1. The van der Waals surface area contributed by atoms with Gasteiger partial charge in [0.1, 0.15) is 18.1 Å². The van der Waals surface area contributed by atoms with Crippen molar-refractivity contribution in [2.24, 2.45) is 5.73 Å². The third-order valence-corrected chi connectivity index (χ3v) is 4.16. The van der Waals surface area contributed by atoms with E-state index in [-0.39, 0.29) is 23.7 Å². The third-order valence-electron chi connectivity index (χ3n) is 4.16. The van der Waals surface area contributed by atoms with Gasteiger partial charge in [-0.3, -0.25) is 14.3 Å². The molecule has 8 heteroatoms. The van der Waals surface area contributed by atoms with Crippen LogP contribution in [0.3, 0.4) is 0 Å². The van der Waals surface area contributed by atoms with Crippen LogP contribution < -0.4 is 15.8 Å². The van der Waals surface area contributed by atoms with Gasteiger partial charge in [-0.05, 0) is 37.1 Å². The van der Waals surface area contributed by atoms with Crippen LogP contribution in [0, 0.1) is 0 Å². The number of allylic oxidation sites excluding steroid dienone is 1. The number of primary amides is 1. The van der Waals surface area contributed by atoms with Crippen LogP contribution in [0.2, 0.25) is 0 Å². The molecule has 3 N–H and O–H groups in total. The zero-order valence-corrected chi connectivity index (χ0v) is 16.1. The van der Waals surface area contributed by atoms with Crippen molar-refractivity contribution in [1.29, 1.82) is 0 Å². The summed E-state index contributed by atoms with van der Waals surface area (Å²) >= 11 is 0. The maximum atomic E-state index is 12.5. The molecule has 0 aliphatic rings. The maximum absolute atomic E-state index is 12.5.